The Morgan fingerprint density at radius 1 is 1.57 bits per heavy atom. The lowest BCUT2D eigenvalue weighted by Gasteiger charge is -2.24. The Morgan fingerprint density at radius 2 is 2.21 bits per heavy atom. The van der Waals surface area contributed by atoms with E-state index in [9.17, 15) is 4.79 Å². The second-order valence-electron chi connectivity index (χ2n) is 4.01. The lowest BCUT2D eigenvalue weighted by Crippen LogP contribution is -2.48. The average Bonchev–Trinajstić information content (AvgIpc) is 2.51. The van der Waals surface area contributed by atoms with Crippen LogP contribution in [-0.2, 0) is 0 Å². The van der Waals surface area contributed by atoms with E-state index in [0.717, 1.165) is 11.1 Å². The molecule has 0 saturated heterocycles. The molecule has 1 heterocycles. The Balaban J connectivity index is 2.73. The lowest BCUT2D eigenvalue weighted by molar-refractivity contribution is 0.0915. The third-order valence-electron chi connectivity index (χ3n) is 2.06. The summed E-state index contributed by atoms with van der Waals surface area (Å²) in [7, 11) is 0. The topological polar surface area (TPSA) is 55.1 Å². The fourth-order valence-corrected chi connectivity index (χ4v) is 1.85. The predicted molar refractivity (Wildman–Crippen MR) is 59.7 cm³/mol. The molecule has 3 N–H and O–H groups in total. The maximum Gasteiger partial charge on any atom is 0.252 e. The van der Waals surface area contributed by atoms with Crippen LogP contribution in [0.5, 0.6) is 0 Å². The molecule has 3 nitrogen and oxygen atoms in total. The van der Waals surface area contributed by atoms with Crippen LogP contribution in [0.3, 0.4) is 0 Å². The van der Waals surface area contributed by atoms with Crippen LogP contribution in [0, 0.1) is 6.92 Å². The van der Waals surface area contributed by atoms with Crippen LogP contribution >= 0.6 is 11.3 Å². The minimum Gasteiger partial charge on any atom is -0.346 e. The second kappa shape index (κ2) is 4.11. The molecule has 0 bridgehead atoms. The Labute approximate surface area is 88.3 Å². The number of hydrogen-bond donors (Lipinski definition) is 2. The monoisotopic (exact) mass is 212 g/mol. The SMILES string of the molecule is Cc1cscc1C(=O)NC(C)(C)CN. The van der Waals surface area contributed by atoms with E-state index in [1.54, 1.807) is 0 Å². The van der Waals surface area contributed by atoms with Gasteiger partial charge in [0.25, 0.3) is 5.91 Å². The smallest absolute Gasteiger partial charge is 0.252 e. The van der Waals surface area contributed by atoms with Crippen LogP contribution < -0.4 is 11.1 Å². The molecule has 0 saturated carbocycles. The van der Waals surface area contributed by atoms with Crippen molar-refractivity contribution >= 4 is 17.2 Å². The van der Waals surface area contributed by atoms with Gasteiger partial charge in [0.05, 0.1) is 5.56 Å². The first-order valence-corrected chi connectivity index (χ1v) is 5.46. The fraction of sp³-hybridized carbons (Fsp3) is 0.500. The van der Waals surface area contributed by atoms with E-state index in [4.69, 9.17) is 5.73 Å². The normalized spacial score (nSPS) is 11.4. The number of nitrogens with two attached hydrogens (primary N) is 1. The molecule has 0 aliphatic rings. The van der Waals surface area contributed by atoms with Crippen LogP contribution in [-0.4, -0.2) is 18.0 Å². The van der Waals surface area contributed by atoms with Gasteiger partial charge >= 0.3 is 0 Å². The number of amides is 1. The van der Waals surface area contributed by atoms with Gasteiger partial charge in [-0.05, 0) is 31.7 Å². The Morgan fingerprint density at radius 3 is 2.64 bits per heavy atom. The quantitative estimate of drug-likeness (QED) is 0.798. The minimum atomic E-state index is -0.342. The zero-order valence-electron chi connectivity index (χ0n) is 8.76. The summed E-state index contributed by atoms with van der Waals surface area (Å²) in [5.74, 6) is -0.0424. The Hall–Kier alpha value is -0.870. The summed E-state index contributed by atoms with van der Waals surface area (Å²) < 4.78 is 0. The van der Waals surface area contributed by atoms with Gasteiger partial charge in [0.1, 0.15) is 0 Å². The van der Waals surface area contributed by atoms with Gasteiger partial charge in [-0.15, -0.1) is 0 Å². The molecule has 1 aromatic heterocycles. The van der Waals surface area contributed by atoms with Crippen LogP contribution in [0.1, 0.15) is 29.8 Å². The lowest BCUT2D eigenvalue weighted by atomic mass is 10.1. The number of aryl methyl sites for hydroxylation is 1. The van der Waals surface area contributed by atoms with Crippen LogP contribution in [0.25, 0.3) is 0 Å². The number of thiophene rings is 1. The van der Waals surface area contributed by atoms with E-state index in [1.807, 2.05) is 31.5 Å². The maximum atomic E-state index is 11.7. The number of hydrogen-bond acceptors (Lipinski definition) is 3. The van der Waals surface area contributed by atoms with Gasteiger partial charge in [-0.2, -0.15) is 11.3 Å². The molecule has 4 heteroatoms. The van der Waals surface area contributed by atoms with E-state index in [1.165, 1.54) is 11.3 Å². The van der Waals surface area contributed by atoms with Crippen molar-refractivity contribution in [3.63, 3.8) is 0 Å². The number of nitrogens with one attached hydrogen (secondary N) is 1. The molecule has 0 radical (unpaired) electrons. The summed E-state index contributed by atoms with van der Waals surface area (Å²) >= 11 is 1.54. The molecule has 78 valence electrons. The largest absolute Gasteiger partial charge is 0.346 e. The van der Waals surface area contributed by atoms with Gasteiger partial charge in [0, 0.05) is 17.5 Å². The van der Waals surface area contributed by atoms with Gasteiger partial charge in [-0.3, -0.25) is 4.79 Å². The number of rotatable bonds is 3. The van der Waals surface area contributed by atoms with Crippen molar-refractivity contribution in [2.24, 2.45) is 5.73 Å². The van der Waals surface area contributed by atoms with Crippen LogP contribution in [0.15, 0.2) is 10.8 Å². The highest BCUT2D eigenvalue weighted by Gasteiger charge is 2.20. The summed E-state index contributed by atoms with van der Waals surface area (Å²) in [5.41, 5.74) is 6.95. The first-order chi connectivity index (χ1) is 6.46. The first-order valence-electron chi connectivity index (χ1n) is 4.51. The molecule has 1 rings (SSSR count). The van der Waals surface area contributed by atoms with E-state index in [2.05, 4.69) is 5.32 Å². The van der Waals surface area contributed by atoms with Crippen molar-refractivity contribution in [3.8, 4) is 0 Å². The highest BCUT2D eigenvalue weighted by molar-refractivity contribution is 7.08. The molecule has 0 aliphatic carbocycles. The van der Waals surface area contributed by atoms with Crippen molar-refractivity contribution in [1.82, 2.24) is 5.32 Å². The van der Waals surface area contributed by atoms with Crippen molar-refractivity contribution in [2.45, 2.75) is 26.3 Å². The van der Waals surface area contributed by atoms with E-state index in [-0.39, 0.29) is 11.4 Å². The van der Waals surface area contributed by atoms with Gasteiger partial charge < -0.3 is 11.1 Å². The number of carbonyl (C=O) groups is 1. The zero-order chi connectivity index (χ0) is 10.8. The van der Waals surface area contributed by atoms with Crippen molar-refractivity contribution in [1.29, 1.82) is 0 Å². The molecule has 0 fully saturated rings. The minimum absolute atomic E-state index is 0.0424. The predicted octanol–water partition coefficient (Wildman–Crippen LogP) is 1.52. The summed E-state index contributed by atoms with van der Waals surface area (Å²) in [4.78, 5) is 11.7. The van der Waals surface area contributed by atoms with E-state index < -0.39 is 0 Å². The molecule has 14 heavy (non-hydrogen) atoms. The molecular weight excluding hydrogens is 196 g/mol. The highest BCUT2D eigenvalue weighted by Crippen LogP contribution is 2.14. The summed E-state index contributed by atoms with van der Waals surface area (Å²) in [6, 6.07) is 0. The summed E-state index contributed by atoms with van der Waals surface area (Å²) in [6.07, 6.45) is 0. The molecular formula is C10H16N2OS. The van der Waals surface area contributed by atoms with Gasteiger partial charge in [0.2, 0.25) is 0 Å². The van der Waals surface area contributed by atoms with Crippen LogP contribution in [0.4, 0.5) is 0 Å². The fourth-order valence-electron chi connectivity index (χ4n) is 1.02. The van der Waals surface area contributed by atoms with Gasteiger partial charge in [-0.25, -0.2) is 0 Å². The third kappa shape index (κ3) is 2.56. The molecule has 1 amide bonds. The van der Waals surface area contributed by atoms with Crippen molar-refractivity contribution in [2.75, 3.05) is 6.54 Å². The Kier molecular flexibility index (Phi) is 3.29. The average molecular weight is 212 g/mol. The molecule has 0 spiro atoms. The van der Waals surface area contributed by atoms with Crippen LogP contribution in [0.2, 0.25) is 0 Å². The Bertz CT molecular complexity index is 331. The van der Waals surface area contributed by atoms with Crippen molar-refractivity contribution in [3.05, 3.63) is 21.9 Å². The maximum absolute atomic E-state index is 11.7. The standard InChI is InChI=1S/C10H16N2OS/c1-7-4-14-5-8(7)9(13)12-10(2,3)6-11/h4-5H,6,11H2,1-3H3,(H,12,13). The van der Waals surface area contributed by atoms with Crippen molar-refractivity contribution < 1.29 is 4.79 Å². The molecule has 0 aliphatic heterocycles. The molecule has 1 aromatic rings. The second-order valence-corrected chi connectivity index (χ2v) is 4.75. The van der Waals surface area contributed by atoms with E-state index >= 15 is 0 Å². The molecule has 0 aromatic carbocycles. The first kappa shape index (κ1) is 11.2. The van der Waals surface area contributed by atoms with Gasteiger partial charge in [-0.1, -0.05) is 0 Å². The zero-order valence-corrected chi connectivity index (χ0v) is 9.57. The molecule has 0 atom stereocenters. The van der Waals surface area contributed by atoms with E-state index in [0.29, 0.717) is 6.54 Å². The third-order valence-corrected chi connectivity index (χ3v) is 2.92. The summed E-state index contributed by atoms with van der Waals surface area (Å²) in [5, 5.41) is 6.71. The molecule has 0 unspecified atom stereocenters. The highest BCUT2D eigenvalue weighted by atomic mass is 32.1. The summed E-state index contributed by atoms with van der Waals surface area (Å²) in [6.45, 7) is 6.18. The van der Waals surface area contributed by atoms with Gasteiger partial charge in [0.15, 0.2) is 0 Å². The number of carbonyl (C=O) groups excluding carboxylic acids is 1.